The van der Waals surface area contributed by atoms with E-state index >= 15 is 0 Å². The molecule has 2 aliphatic heterocycles. The molecule has 1 unspecified atom stereocenters. The fraction of sp³-hybridized carbons (Fsp3) is 0.278. The first-order valence-electron chi connectivity index (χ1n) is 8.95. The fourth-order valence-electron chi connectivity index (χ4n) is 3.48. The van der Waals surface area contributed by atoms with Crippen LogP contribution in [0.15, 0.2) is 42.5 Å². The fourth-order valence-corrected chi connectivity index (χ4v) is 4.49. The second-order valence-corrected chi connectivity index (χ2v) is 8.34. The van der Waals surface area contributed by atoms with E-state index in [9.17, 15) is 42.0 Å². The lowest BCUT2D eigenvalue weighted by Gasteiger charge is -2.37. The molecule has 0 bridgehead atoms. The van der Waals surface area contributed by atoms with Crippen molar-refractivity contribution in [1.82, 2.24) is 9.91 Å². The minimum Gasteiger partial charge on any atom is -0.479 e. The summed E-state index contributed by atoms with van der Waals surface area (Å²) < 4.78 is 34.3. The van der Waals surface area contributed by atoms with Gasteiger partial charge in [-0.25, -0.2) is 9.69 Å². The minimum absolute atomic E-state index is 0.0275. The van der Waals surface area contributed by atoms with Crippen LogP contribution in [0.25, 0.3) is 0 Å². The van der Waals surface area contributed by atoms with E-state index in [0.29, 0.717) is 5.01 Å². The highest BCUT2D eigenvalue weighted by molar-refractivity contribution is 7.88. The Labute approximate surface area is 176 Å². The van der Waals surface area contributed by atoms with Crippen molar-refractivity contribution in [3.8, 4) is 0 Å². The topological polar surface area (TPSA) is 170 Å². The number of hydrazine groups is 1. The summed E-state index contributed by atoms with van der Waals surface area (Å²) in [7, 11) is -5.55. The summed E-state index contributed by atoms with van der Waals surface area (Å²) >= 11 is 0. The molecule has 13 heteroatoms. The second kappa shape index (κ2) is 7.92. The van der Waals surface area contributed by atoms with Gasteiger partial charge in [0.15, 0.2) is 0 Å². The lowest BCUT2D eigenvalue weighted by Crippen LogP contribution is -2.63. The Kier molecular flexibility index (Phi) is 5.65. The second-order valence-electron chi connectivity index (χ2n) is 6.72. The van der Waals surface area contributed by atoms with Crippen molar-refractivity contribution in [2.75, 3.05) is 11.6 Å². The molecule has 1 fully saturated rings. The number of nitrogens with zero attached hydrogens (tertiary/aromatic N) is 3. The van der Waals surface area contributed by atoms with E-state index in [-0.39, 0.29) is 10.6 Å². The van der Waals surface area contributed by atoms with Crippen LogP contribution in [0, 0.1) is 0 Å². The Hall–Kier alpha value is -3.58. The van der Waals surface area contributed by atoms with Gasteiger partial charge in [0.2, 0.25) is 11.8 Å². The van der Waals surface area contributed by atoms with Crippen molar-refractivity contribution in [3.05, 3.63) is 42.5 Å². The van der Waals surface area contributed by atoms with E-state index in [1.807, 2.05) is 0 Å². The summed E-state index contributed by atoms with van der Waals surface area (Å²) in [6.45, 7) is -0.633. The van der Waals surface area contributed by atoms with E-state index < -0.39 is 70.4 Å². The molecule has 2 N–H and O–H groups in total. The number of hydrogen-bond donors (Lipinski definition) is 2. The molecule has 0 spiro atoms. The highest BCUT2D eigenvalue weighted by Crippen LogP contribution is 2.33. The average Bonchev–Trinajstić information content (AvgIpc) is 3.20. The van der Waals surface area contributed by atoms with Crippen LogP contribution in [0.1, 0.15) is 19.3 Å². The zero-order chi connectivity index (χ0) is 23.0. The van der Waals surface area contributed by atoms with Gasteiger partial charge in [0, 0.05) is 38.0 Å². The number of aliphatic carboxylic acids is 1. The van der Waals surface area contributed by atoms with Gasteiger partial charge in [0.1, 0.15) is 0 Å². The van der Waals surface area contributed by atoms with Gasteiger partial charge < -0.3 is 5.11 Å². The van der Waals surface area contributed by atoms with Crippen LogP contribution in [0.2, 0.25) is 0 Å². The van der Waals surface area contributed by atoms with Gasteiger partial charge in [-0.2, -0.15) is 13.4 Å². The first-order chi connectivity index (χ1) is 14.5. The van der Waals surface area contributed by atoms with Crippen molar-refractivity contribution >= 4 is 45.4 Å². The van der Waals surface area contributed by atoms with Gasteiger partial charge in [-0.15, -0.1) is 0 Å². The molecular weight excluding hydrogens is 434 g/mol. The molecule has 2 heterocycles. The lowest BCUT2D eigenvalue weighted by molar-refractivity contribution is -0.157. The number of amides is 4. The van der Waals surface area contributed by atoms with Crippen molar-refractivity contribution in [2.45, 2.75) is 24.1 Å². The quantitative estimate of drug-likeness (QED) is 0.389. The van der Waals surface area contributed by atoms with Gasteiger partial charge in [-0.1, -0.05) is 18.2 Å². The molecule has 12 nitrogen and oxygen atoms in total. The third-order valence-electron chi connectivity index (χ3n) is 4.92. The maximum absolute atomic E-state index is 12.2. The third-order valence-corrected chi connectivity index (χ3v) is 6.33. The number of para-hydroxylation sites is 1. The smallest absolute Gasteiger partial charge is 0.348 e. The molecule has 1 aromatic rings. The van der Waals surface area contributed by atoms with Crippen LogP contribution in [-0.4, -0.2) is 69.0 Å². The maximum Gasteiger partial charge on any atom is 0.348 e. The summed E-state index contributed by atoms with van der Waals surface area (Å²) in [6.07, 6.45) is 0.0836. The minimum atomic E-state index is -5.55. The van der Waals surface area contributed by atoms with Crippen molar-refractivity contribution in [3.63, 3.8) is 0 Å². The molecule has 1 atom stereocenters. The Morgan fingerprint density at radius 2 is 1.52 bits per heavy atom. The summed E-state index contributed by atoms with van der Waals surface area (Å²) in [6, 6.07) is 7.69. The third kappa shape index (κ3) is 3.68. The van der Waals surface area contributed by atoms with E-state index in [2.05, 4.69) is 0 Å². The molecule has 0 saturated carbocycles. The molecule has 164 valence electrons. The standard InChI is InChI=1S/C18H17N3O9S/c22-13-6-7-14(23)20(13)18(17(26)27,31(28,29)30)10-11-19(12-4-2-1-3-5-12)21-15(24)8-9-16(21)25/h1-5,8-9H,6-7,10-11H2,(H,26,27)(H,28,29,30). The molecule has 4 amide bonds. The first-order valence-corrected chi connectivity index (χ1v) is 10.4. The molecule has 1 saturated heterocycles. The van der Waals surface area contributed by atoms with Gasteiger partial charge in [0.05, 0.1) is 5.69 Å². The van der Waals surface area contributed by atoms with Crippen LogP contribution in [0.3, 0.4) is 0 Å². The molecule has 0 aromatic heterocycles. The number of hydrogen-bond acceptors (Lipinski definition) is 8. The molecule has 0 aliphatic carbocycles. The predicted octanol–water partition coefficient (Wildman–Crippen LogP) is -0.459. The Morgan fingerprint density at radius 3 is 1.97 bits per heavy atom. The first kappa shape index (κ1) is 22.1. The number of rotatable bonds is 8. The molecule has 0 radical (unpaired) electrons. The monoisotopic (exact) mass is 451 g/mol. The number of carboxylic acid groups (broad SMARTS) is 1. The largest absolute Gasteiger partial charge is 0.479 e. The number of anilines is 1. The van der Waals surface area contributed by atoms with E-state index in [4.69, 9.17) is 0 Å². The SMILES string of the molecule is O=C1C=CC(=O)N1N(CCC(C(=O)O)(N1C(=O)CCC1=O)S(=O)(=O)O)c1ccccc1. The highest BCUT2D eigenvalue weighted by Gasteiger charge is 2.61. The highest BCUT2D eigenvalue weighted by atomic mass is 32.2. The van der Waals surface area contributed by atoms with Crippen LogP contribution in [0.4, 0.5) is 5.69 Å². The maximum atomic E-state index is 12.2. The molecule has 1 aromatic carbocycles. The normalized spacial score (nSPS) is 18.6. The lowest BCUT2D eigenvalue weighted by atomic mass is 10.1. The Morgan fingerprint density at radius 1 is 1.00 bits per heavy atom. The van der Waals surface area contributed by atoms with Gasteiger partial charge >= 0.3 is 16.1 Å². The van der Waals surface area contributed by atoms with Crippen molar-refractivity contribution in [1.29, 1.82) is 0 Å². The Bertz CT molecular complexity index is 1070. The zero-order valence-electron chi connectivity index (χ0n) is 15.9. The van der Waals surface area contributed by atoms with Crippen molar-refractivity contribution in [2.24, 2.45) is 0 Å². The van der Waals surface area contributed by atoms with E-state index in [0.717, 1.165) is 17.2 Å². The number of carbonyl (C=O) groups excluding carboxylic acids is 4. The average molecular weight is 451 g/mol. The zero-order valence-corrected chi connectivity index (χ0v) is 16.7. The predicted molar refractivity (Wildman–Crippen MR) is 102 cm³/mol. The summed E-state index contributed by atoms with van der Waals surface area (Å²) in [5.41, 5.74) is 0.224. The molecule has 31 heavy (non-hydrogen) atoms. The molecule has 3 rings (SSSR count). The Balaban J connectivity index is 2.07. The number of benzene rings is 1. The molecule has 2 aliphatic rings. The number of imide groups is 2. The summed E-state index contributed by atoms with van der Waals surface area (Å²) in [5.74, 6) is -5.84. The van der Waals surface area contributed by atoms with E-state index in [1.54, 1.807) is 18.2 Å². The number of carboxylic acids is 1. The summed E-state index contributed by atoms with van der Waals surface area (Å²) in [5, 5.41) is 11.4. The van der Waals surface area contributed by atoms with Gasteiger partial charge in [0.25, 0.3) is 16.7 Å². The van der Waals surface area contributed by atoms with Crippen molar-refractivity contribution < 1.29 is 42.0 Å². The van der Waals surface area contributed by atoms with Gasteiger partial charge in [-0.3, -0.25) is 28.7 Å². The van der Waals surface area contributed by atoms with E-state index in [1.165, 1.54) is 12.1 Å². The van der Waals surface area contributed by atoms with Crippen LogP contribution in [0.5, 0.6) is 0 Å². The van der Waals surface area contributed by atoms with Crippen LogP contribution in [-0.2, 0) is 34.1 Å². The van der Waals surface area contributed by atoms with Gasteiger partial charge in [-0.05, 0) is 12.1 Å². The van der Waals surface area contributed by atoms with Crippen LogP contribution >= 0.6 is 0 Å². The molecular formula is C18H17N3O9S. The summed E-state index contributed by atoms with van der Waals surface area (Å²) in [4.78, 5) is 57.5. The number of likely N-dealkylation sites (tertiary alicyclic amines) is 1. The number of carbonyl (C=O) groups is 5. The van der Waals surface area contributed by atoms with Crippen LogP contribution < -0.4 is 5.01 Å².